The van der Waals surface area contributed by atoms with Gasteiger partial charge >= 0.3 is 0 Å². The van der Waals surface area contributed by atoms with Crippen molar-refractivity contribution in [2.24, 2.45) is 0 Å². The SMILES string of the molecule is CCCCCCCc1ncc(-c2cccc(-c3cc[nH]n3)c2)[nH]1. The minimum Gasteiger partial charge on any atom is -0.342 e. The van der Waals surface area contributed by atoms with Crippen LogP contribution in [0.15, 0.2) is 42.7 Å². The van der Waals surface area contributed by atoms with Crippen LogP contribution in [0.1, 0.15) is 44.9 Å². The minimum absolute atomic E-state index is 0.961. The van der Waals surface area contributed by atoms with E-state index < -0.39 is 0 Å². The fraction of sp³-hybridized carbons (Fsp3) is 0.368. The van der Waals surface area contributed by atoms with Gasteiger partial charge in [-0.05, 0) is 18.6 Å². The summed E-state index contributed by atoms with van der Waals surface area (Å²) in [5.41, 5.74) is 4.29. The number of hydrogen-bond acceptors (Lipinski definition) is 2. The molecule has 0 radical (unpaired) electrons. The van der Waals surface area contributed by atoms with Crippen molar-refractivity contribution in [3.05, 3.63) is 48.5 Å². The van der Waals surface area contributed by atoms with Crippen molar-refractivity contribution in [3.63, 3.8) is 0 Å². The van der Waals surface area contributed by atoms with E-state index in [9.17, 15) is 0 Å². The maximum atomic E-state index is 4.53. The highest BCUT2D eigenvalue weighted by atomic mass is 15.1. The smallest absolute Gasteiger partial charge is 0.106 e. The normalized spacial score (nSPS) is 11.0. The van der Waals surface area contributed by atoms with Crippen LogP contribution < -0.4 is 0 Å². The molecule has 0 amide bonds. The van der Waals surface area contributed by atoms with E-state index >= 15 is 0 Å². The van der Waals surface area contributed by atoms with Crippen LogP contribution in [0.2, 0.25) is 0 Å². The van der Waals surface area contributed by atoms with Gasteiger partial charge in [-0.25, -0.2) is 4.98 Å². The number of nitrogens with one attached hydrogen (secondary N) is 2. The van der Waals surface area contributed by atoms with E-state index in [0.717, 1.165) is 34.8 Å². The minimum atomic E-state index is 0.961. The van der Waals surface area contributed by atoms with Gasteiger partial charge in [-0.15, -0.1) is 0 Å². The molecule has 0 saturated carbocycles. The van der Waals surface area contributed by atoms with Gasteiger partial charge < -0.3 is 4.98 Å². The number of benzene rings is 1. The molecule has 0 spiro atoms. The number of aryl methyl sites for hydroxylation is 1. The predicted octanol–water partition coefficient (Wildman–Crippen LogP) is 4.98. The van der Waals surface area contributed by atoms with E-state index in [1.54, 1.807) is 0 Å². The van der Waals surface area contributed by atoms with Crippen molar-refractivity contribution >= 4 is 0 Å². The molecule has 0 atom stereocenters. The molecule has 3 rings (SSSR count). The van der Waals surface area contributed by atoms with Crippen LogP contribution in [0.25, 0.3) is 22.5 Å². The number of aromatic nitrogens is 4. The van der Waals surface area contributed by atoms with Crippen LogP contribution in [0, 0.1) is 0 Å². The summed E-state index contributed by atoms with van der Waals surface area (Å²) < 4.78 is 0. The molecule has 0 fully saturated rings. The van der Waals surface area contributed by atoms with Gasteiger partial charge in [-0.3, -0.25) is 5.10 Å². The van der Waals surface area contributed by atoms with Crippen LogP contribution in [0.5, 0.6) is 0 Å². The second-order valence-corrected chi connectivity index (χ2v) is 5.95. The molecule has 0 aliphatic heterocycles. The van der Waals surface area contributed by atoms with Crippen LogP contribution in [-0.4, -0.2) is 20.2 Å². The molecule has 4 nitrogen and oxygen atoms in total. The second-order valence-electron chi connectivity index (χ2n) is 5.95. The van der Waals surface area contributed by atoms with Gasteiger partial charge in [0.1, 0.15) is 5.82 Å². The summed E-state index contributed by atoms with van der Waals surface area (Å²) in [5, 5.41) is 7.10. The Morgan fingerprint density at radius 1 is 1.00 bits per heavy atom. The average Bonchev–Trinajstić information content (AvgIpc) is 3.27. The molecule has 2 aromatic heterocycles. The lowest BCUT2D eigenvalue weighted by Gasteiger charge is -2.01. The molecule has 0 unspecified atom stereocenters. The third-order valence-electron chi connectivity index (χ3n) is 4.12. The number of aromatic amines is 2. The van der Waals surface area contributed by atoms with Crippen LogP contribution in [-0.2, 0) is 6.42 Å². The predicted molar refractivity (Wildman–Crippen MR) is 94.1 cm³/mol. The highest BCUT2D eigenvalue weighted by Gasteiger charge is 2.06. The maximum absolute atomic E-state index is 4.53. The zero-order valence-corrected chi connectivity index (χ0v) is 13.7. The molecule has 23 heavy (non-hydrogen) atoms. The van der Waals surface area contributed by atoms with Crippen molar-refractivity contribution in [2.45, 2.75) is 45.4 Å². The van der Waals surface area contributed by atoms with Crippen LogP contribution in [0.4, 0.5) is 0 Å². The zero-order valence-electron chi connectivity index (χ0n) is 13.7. The number of hydrogen-bond donors (Lipinski definition) is 2. The molecule has 0 aliphatic rings. The Kier molecular flexibility index (Phi) is 5.25. The summed E-state index contributed by atoms with van der Waals surface area (Å²) in [5.74, 6) is 1.08. The lowest BCUT2D eigenvalue weighted by Crippen LogP contribution is -1.89. The van der Waals surface area contributed by atoms with Gasteiger partial charge in [-0.1, -0.05) is 50.8 Å². The number of unbranched alkanes of at least 4 members (excludes halogenated alkanes) is 4. The molecule has 1 aromatic carbocycles. The summed E-state index contributed by atoms with van der Waals surface area (Å²) in [6.45, 7) is 2.25. The van der Waals surface area contributed by atoms with E-state index in [4.69, 9.17) is 0 Å². The topological polar surface area (TPSA) is 57.4 Å². The Hall–Kier alpha value is -2.36. The molecule has 2 heterocycles. The maximum Gasteiger partial charge on any atom is 0.106 e. The first kappa shape index (κ1) is 15.5. The van der Waals surface area contributed by atoms with Crippen molar-refractivity contribution < 1.29 is 0 Å². The molecule has 2 N–H and O–H groups in total. The first-order valence-corrected chi connectivity index (χ1v) is 8.51. The molecule has 120 valence electrons. The van der Waals surface area contributed by atoms with E-state index in [1.807, 2.05) is 18.5 Å². The van der Waals surface area contributed by atoms with Gasteiger partial charge in [0.15, 0.2) is 0 Å². The number of rotatable bonds is 8. The summed E-state index contributed by atoms with van der Waals surface area (Å²) >= 11 is 0. The highest BCUT2D eigenvalue weighted by Crippen LogP contribution is 2.24. The van der Waals surface area contributed by atoms with E-state index in [-0.39, 0.29) is 0 Å². The van der Waals surface area contributed by atoms with Crippen LogP contribution >= 0.6 is 0 Å². The average molecular weight is 308 g/mol. The van der Waals surface area contributed by atoms with Crippen molar-refractivity contribution in [1.29, 1.82) is 0 Å². The Morgan fingerprint density at radius 3 is 2.70 bits per heavy atom. The Morgan fingerprint density at radius 2 is 1.87 bits per heavy atom. The van der Waals surface area contributed by atoms with Crippen molar-refractivity contribution in [2.75, 3.05) is 0 Å². The number of nitrogens with zero attached hydrogens (tertiary/aromatic N) is 2. The Bertz CT molecular complexity index is 713. The summed E-state index contributed by atoms with van der Waals surface area (Å²) in [4.78, 5) is 7.98. The monoisotopic (exact) mass is 308 g/mol. The van der Waals surface area contributed by atoms with Crippen LogP contribution in [0.3, 0.4) is 0 Å². The van der Waals surface area contributed by atoms with E-state index in [2.05, 4.69) is 51.4 Å². The van der Waals surface area contributed by atoms with Gasteiger partial charge in [-0.2, -0.15) is 5.10 Å². The lowest BCUT2D eigenvalue weighted by molar-refractivity contribution is 0.624. The van der Waals surface area contributed by atoms with Gasteiger partial charge in [0, 0.05) is 23.7 Å². The standard InChI is InChI=1S/C19H24N4/c1-2-3-4-5-6-10-19-20-14-18(22-19)16-9-7-8-15(13-16)17-11-12-21-23-17/h7-9,11-14H,2-6,10H2,1H3,(H,20,22)(H,21,23). The summed E-state index contributed by atoms with van der Waals surface area (Å²) in [6, 6.07) is 10.4. The number of imidazole rings is 1. The summed E-state index contributed by atoms with van der Waals surface area (Å²) in [6.07, 6.45) is 11.3. The molecular formula is C19H24N4. The second kappa shape index (κ2) is 7.77. The van der Waals surface area contributed by atoms with Gasteiger partial charge in [0.25, 0.3) is 0 Å². The van der Waals surface area contributed by atoms with Crippen molar-refractivity contribution in [1.82, 2.24) is 20.2 Å². The van der Waals surface area contributed by atoms with E-state index in [0.29, 0.717) is 0 Å². The molecule has 0 aliphatic carbocycles. The molecular weight excluding hydrogens is 284 g/mol. The molecule has 4 heteroatoms. The first-order valence-electron chi connectivity index (χ1n) is 8.51. The quantitative estimate of drug-likeness (QED) is 0.577. The Labute approximate surface area is 137 Å². The van der Waals surface area contributed by atoms with Gasteiger partial charge in [0.05, 0.1) is 17.6 Å². The van der Waals surface area contributed by atoms with Gasteiger partial charge in [0.2, 0.25) is 0 Å². The molecule has 0 bridgehead atoms. The summed E-state index contributed by atoms with van der Waals surface area (Å²) in [7, 11) is 0. The third kappa shape index (κ3) is 4.09. The number of H-pyrrole nitrogens is 2. The fourth-order valence-corrected chi connectivity index (χ4v) is 2.80. The fourth-order valence-electron chi connectivity index (χ4n) is 2.80. The third-order valence-corrected chi connectivity index (χ3v) is 4.12. The highest BCUT2D eigenvalue weighted by molar-refractivity contribution is 5.68. The lowest BCUT2D eigenvalue weighted by atomic mass is 10.1. The van der Waals surface area contributed by atoms with E-state index in [1.165, 1.54) is 32.1 Å². The largest absolute Gasteiger partial charge is 0.342 e. The molecule has 0 saturated heterocycles. The Balaban J connectivity index is 1.65. The first-order chi connectivity index (χ1) is 11.4. The zero-order chi connectivity index (χ0) is 15.9. The van der Waals surface area contributed by atoms with Crippen molar-refractivity contribution in [3.8, 4) is 22.5 Å². The molecule has 3 aromatic rings.